The van der Waals surface area contributed by atoms with Crippen LogP contribution in [-0.4, -0.2) is 20.5 Å². The summed E-state index contributed by atoms with van der Waals surface area (Å²) in [7, 11) is 3.42. The predicted octanol–water partition coefficient (Wildman–Crippen LogP) is 2.71. The molecule has 98 valence electrons. The summed E-state index contributed by atoms with van der Waals surface area (Å²) < 4.78 is 11.1. The van der Waals surface area contributed by atoms with Crippen LogP contribution in [0.25, 0.3) is 0 Å². The number of hydrogen-bond donors (Lipinski definition) is 0. The Kier molecular flexibility index (Phi) is 4.24. The molecule has 0 saturated heterocycles. The van der Waals surface area contributed by atoms with Crippen molar-refractivity contribution in [3.05, 3.63) is 22.8 Å². The third kappa shape index (κ3) is 2.35. The van der Waals surface area contributed by atoms with Gasteiger partial charge >= 0.3 is 0 Å². The van der Waals surface area contributed by atoms with Crippen molar-refractivity contribution < 1.29 is 14.3 Å². The van der Waals surface area contributed by atoms with Crippen LogP contribution in [0.4, 0.5) is 0 Å². The van der Waals surface area contributed by atoms with Crippen LogP contribution in [0, 0.1) is 0 Å². The van der Waals surface area contributed by atoms with Crippen molar-refractivity contribution >= 4 is 6.29 Å². The van der Waals surface area contributed by atoms with Gasteiger partial charge in [0, 0.05) is 17.5 Å². The van der Waals surface area contributed by atoms with Gasteiger partial charge in [-0.3, -0.25) is 0 Å². The lowest BCUT2D eigenvalue weighted by molar-refractivity contribution is -0.107. The zero-order valence-corrected chi connectivity index (χ0v) is 11.1. The number of benzene rings is 1. The van der Waals surface area contributed by atoms with Crippen LogP contribution in [0.2, 0.25) is 0 Å². The fourth-order valence-corrected chi connectivity index (χ4v) is 2.77. The zero-order chi connectivity index (χ0) is 13.0. The van der Waals surface area contributed by atoms with Crippen molar-refractivity contribution in [3.63, 3.8) is 0 Å². The van der Waals surface area contributed by atoms with Crippen molar-refractivity contribution in [2.45, 2.75) is 38.5 Å². The topological polar surface area (TPSA) is 35.5 Å². The van der Waals surface area contributed by atoms with Gasteiger partial charge in [-0.1, -0.05) is 0 Å². The van der Waals surface area contributed by atoms with E-state index in [-0.39, 0.29) is 0 Å². The molecule has 2 rings (SSSR count). The van der Waals surface area contributed by atoms with E-state index < -0.39 is 0 Å². The molecule has 0 saturated carbocycles. The van der Waals surface area contributed by atoms with E-state index in [9.17, 15) is 4.79 Å². The first-order chi connectivity index (χ1) is 8.81. The molecule has 0 unspecified atom stereocenters. The van der Waals surface area contributed by atoms with E-state index in [0.717, 1.165) is 42.6 Å². The molecule has 0 fully saturated rings. The molecule has 1 aromatic carbocycles. The summed E-state index contributed by atoms with van der Waals surface area (Å²) >= 11 is 0. The number of ether oxygens (including phenoxy) is 2. The second-order valence-electron chi connectivity index (χ2n) is 4.64. The first-order valence-electron chi connectivity index (χ1n) is 6.51. The quantitative estimate of drug-likeness (QED) is 0.752. The lowest BCUT2D eigenvalue weighted by Crippen LogP contribution is -2.09. The average molecular weight is 248 g/mol. The number of rotatable bonds is 5. The molecule has 1 aromatic rings. The van der Waals surface area contributed by atoms with Crippen molar-refractivity contribution in [1.82, 2.24) is 0 Å². The van der Waals surface area contributed by atoms with Crippen LogP contribution in [0.15, 0.2) is 6.07 Å². The van der Waals surface area contributed by atoms with Gasteiger partial charge in [0.2, 0.25) is 0 Å². The van der Waals surface area contributed by atoms with E-state index in [2.05, 4.69) is 0 Å². The normalized spacial score (nSPS) is 13.9. The second-order valence-corrected chi connectivity index (χ2v) is 4.64. The molecule has 3 nitrogen and oxygen atoms in total. The van der Waals surface area contributed by atoms with Crippen molar-refractivity contribution in [1.29, 1.82) is 0 Å². The van der Waals surface area contributed by atoms with Crippen molar-refractivity contribution in [2.75, 3.05) is 14.2 Å². The number of aldehydes is 1. The van der Waals surface area contributed by atoms with E-state index in [0.29, 0.717) is 6.42 Å². The number of carbonyl (C=O) groups is 1. The number of hydrogen-bond acceptors (Lipinski definition) is 3. The summed E-state index contributed by atoms with van der Waals surface area (Å²) in [5.41, 5.74) is 3.65. The summed E-state index contributed by atoms with van der Waals surface area (Å²) in [6.07, 6.45) is 6.70. The van der Waals surface area contributed by atoms with Crippen LogP contribution < -0.4 is 9.47 Å². The van der Waals surface area contributed by atoms with Gasteiger partial charge in [-0.25, -0.2) is 0 Å². The minimum absolute atomic E-state index is 0.526. The molecule has 18 heavy (non-hydrogen) atoms. The Hall–Kier alpha value is -1.51. The molecule has 0 radical (unpaired) electrons. The van der Waals surface area contributed by atoms with E-state index >= 15 is 0 Å². The van der Waals surface area contributed by atoms with E-state index in [1.54, 1.807) is 14.2 Å². The van der Waals surface area contributed by atoms with Crippen molar-refractivity contribution in [3.8, 4) is 11.5 Å². The summed E-state index contributed by atoms with van der Waals surface area (Å²) in [5, 5.41) is 0. The largest absolute Gasteiger partial charge is 0.496 e. The van der Waals surface area contributed by atoms with Gasteiger partial charge < -0.3 is 14.3 Å². The maximum atomic E-state index is 10.5. The first kappa shape index (κ1) is 12.9. The Morgan fingerprint density at radius 3 is 2.50 bits per heavy atom. The Balaban J connectivity index is 2.49. The summed E-state index contributed by atoms with van der Waals surface area (Å²) in [6, 6.07) is 2.03. The Morgan fingerprint density at radius 2 is 1.89 bits per heavy atom. The summed E-state index contributed by atoms with van der Waals surface area (Å²) in [6.45, 7) is 0. The maximum Gasteiger partial charge on any atom is 0.125 e. The molecule has 0 heterocycles. The molecule has 0 amide bonds. The maximum absolute atomic E-state index is 10.5. The highest BCUT2D eigenvalue weighted by Crippen LogP contribution is 2.39. The smallest absolute Gasteiger partial charge is 0.125 e. The third-order valence-corrected chi connectivity index (χ3v) is 3.59. The summed E-state index contributed by atoms with van der Waals surface area (Å²) in [4.78, 5) is 10.5. The lowest BCUT2D eigenvalue weighted by atomic mass is 9.87. The summed E-state index contributed by atoms with van der Waals surface area (Å²) in [5.74, 6) is 1.92. The first-order valence-corrected chi connectivity index (χ1v) is 6.51. The van der Waals surface area contributed by atoms with E-state index in [4.69, 9.17) is 9.47 Å². The van der Waals surface area contributed by atoms with Gasteiger partial charge in [-0.2, -0.15) is 0 Å². The fourth-order valence-electron chi connectivity index (χ4n) is 2.77. The van der Waals surface area contributed by atoms with E-state index in [1.807, 2.05) is 6.07 Å². The molecule has 0 aromatic heterocycles. The number of methoxy groups -OCH3 is 2. The van der Waals surface area contributed by atoms with Crippen LogP contribution >= 0.6 is 0 Å². The van der Waals surface area contributed by atoms with Crippen LogP contribution in [0.3, 0.4) is 0 Å². The van der Waals surface area contributed by atoms with E-state index in [1.165, 1.54) is 24.0 Å². The lowest BCUT2D eigenvalue weighted by Gasteiger charge is -2.23. The molecule has 0 aliphatic heterocycles. The molecule has 0 bridgehead atoms. The minimum Gasteiger partial charge on any atom is -0.496 e. The van der Waals surface area contributed by atoms with Crippen molar-refractivity contribution in [2.24, 2.45) is 0 Å². The van der Waals surface area contributed by atoms with Crippen LogP contribution in [0.1, 0.15) is 36.0 Å². The monoisotopic (exact) mass is 248 g/mol. The molecule has 0 N–H and O–H groups in total. The highest BCUT2D eigenvalue weighted by Gasteiger charge is 2.21. The highest BCUT2D eigenvalue weighted by atomic mass is 16.5. The van der Waals surface area contributed by atoms with Gasteiger partial charge in [0.1, 0.15) is 17.8 Å². The Morgan fingerprint density at radius 1 is 1.17 bits per heavy atom. The molecule has 1 aliphatic rings. The molecule has 1 aliphatic carbocycles. The minimum atomic E-state index is 0.526. The van der Waals surface area contributed by atoms with Crippen LogP contribution in [-0.2, 0) is 24.1 Å². The van der Waals surface area contributed by atoms with Crippen LogP contribution in [0.5, 0.6) is 11.5 Å². The molecule has 0 spiro atoms. The van der Waals surface area contributed by atoms with Gasteiger partial charge in [0.15, 0.2) is 0 Å². The predicted molar refractivity (Wildman–Crippen MR) is 70.6 cm³/mol. The Labute approximate surface area is 108 Å². The molecule has 3 heteroatoms. The fraction of sp³-hybridized carbons (Fsp3) is 0.533. The number of fused-ring (bicyclic) bond motifs is 1. The molecule has 0 atom stereocenters. The number of carbonyl (C=O) groups excluding carboxylic acids is 1. The van der Waals surface area contributed by atoms with Gasteiger partial charge in [0.25, 0.3) is 0 Å². The van der Waals surface area contributed by atoms with Gasteiger partial charge in [0.05, 0.1) is 14.2 Å². The standard InChI is InChI=1S/C15H20O3/c1-17-14-10-11(6-5-9-16)15(18-2)13-8-4-3-7-12(13)14/h9-10H,3-8H2,1-2H3. The average Bonchev–Trinajstić information content (AvgIpc) is 2.43. The molecular formula is C15H20O3. The zero-order valence-electron chi connectivity index (χ0n) is 11.1. The Bertz CT molecular complexity index is 438. The number of aryl methyl sites for hydroxylation is 1. The SMILES string of the molecule is COc1cc(CCC=O)c(OC)c2c1CCCC2. The van der Waals surface area contributed by atoms with Gasteiger partial charge in [-0.05, 0) is 43.7 Å². The molecular weight excluding hydrogens is 228 g/mol. The van der Waals surface area contributed by atoms with Gasteiger partial charge in [-0.15, -0.1) is 0 Å². The third-order valence-electron chi connectivity index (χ3n) is 3.59. The highest BCUT2D eigenvalue weighted by molar-refractivity contribution is 5.57. The second kappa shape index (κ2) is 5.89.